The minimum atomic E-state index is -0.700. The second kappa shape index (κ2) is 7.68. The monoisotopic (exact) mass is 332 g/mol. The van der Waals surface area contributed by atoms with Gasteiger partial charge in [0, 0.05) is 12.0 Å². The van der Waals surface area contributed by atoms with Gasteiger partial charge in [-0.2, -0.15) is 0 Å². The first-order valence-corrected chi connectivity index (χ1v) is 7.42. The van der Waals surface area contributed by atoms with Crippen LogP contribution < -0.4 is 5.32 Å². The summed E-state index contributed by atoms with van der Waals surface area (Å²) in [5.74, 6) is -0.575. The number of ketones is 1. The zero-order chi connectivity index (χ0) is 16.8. The molecule has 1 heterocycles. The van der Waals surface area contributed by atoms with E-state index in [9.17, 15) is 14.4 Å². The van der Waals surface area contributed by atoms with Crippen molar-refractivity contribution >= 4 is 29.4 Å². The van der Waals surface area contributed by atoms with E-state index in [1.54, 1.807) is 41.3 Å². The molecule has 7 nitrogen and oxygen atoms in total. The lowest BCUT2D eigenvalue weighted by Gasteiger charge is -2.15. The summed E-state index contributed by atoms with van der Waals surface area (Å²) in [7, 11) is 0. The number of rotatable bonds is 7. The quantitative estimate of drug-likeness (QED) is 0.743. The van der Waals surface area contributed by atoms with Gasteiger partial charge >= 0.3 is 0 Å². The van der Waals surface area contributed by atoms with E-state index in [2.05, 4.69) is 28.3 Å². The molecule has 0 saturated heterocycles. The van der Waals surface area contributed by atoms with Crippen LogP contribution in [0.3, 0.4) is 0 Å². The average Bonchev–Trinajstić information content (AvgIpc) is 3.05. The lowest BCUT2D eigenvalue weighted by Crippen LogP contribution is -2.40. The number of hydrogen-bond acceptors (Lipinski definition) is 5. The largest absolute Gasteiger partial charge is 0.342 e. The molecule has 0 radical (unpaired) electrons. The molecule has 0 bridgehead atoms. The van der Waals surface area contributed by atoms with E-state index in [0.29, 0.717) is 5.56 Å². The van der Waals surface area contributed by atoms with Crippen molar-refractivity contribution < 1.29 is 14.4 Å². The van der Waals surface area contributed by atoms with Crippen molar-refractivity contribution in [3.63, 3.8) is 0 Å². The highest BCUT2D eigenvalue weighted by Crippen LogP contribution is 2.09. The van der Waals surface area contributed by atoms with Gasteiger partial charge in [0.15, 0.2) is 10.9 Å². The zero-order valence-electron chi connectivity index (χ0n) is 12.5. The van der Waals surface area contributed by atoms with Crippen LogP contribution in [-0.4, -0.2) is 37.8 Å². The van der Waals surface area contributed by atoms with Crippen molar-refractivity contribution in [1.82, 2.24) is 20.3 Å². The Balaban J connectivity index is 2.04. The SMILES string of the molecule is CC(=O)[C@H](CCC(=O)S)NC(=O)c1ccc(-n2ccnn2)cc1. The summed E-state index contributed by atoms with van der Waals surface area (Å²) in [6.45, 7) is 1.38. The predicted molar refractivity (Wildman–Crippen MR) is 86.5 cm³/mol. The lowest BCUT2D eigenvalue weighted by molar-refractivity contribution is -0.119. The van der Waals surface area contributed by atoms with Gasteiger partial charge in [0.1, 0.15) is 0 Å². The fraction of sp³-hybridized carbons (Fsp3) is 0.267. The minimum Gasteiger partial charge on any atom is -0.342 e. The van der Waals surface area contributed by atoms with Gasteiger partial charge in [-0.25, -0.2) is 4.68 Å². The summed E-state index contributed by atoms with van der Waals surface area (Å²) < 4.78 is 1.57. The second-order valence-electron chi connectivity index (χ2n) is 4.96. The molecule has 0 fully saturated rings. The van der Waals surface area contributed by atoms with Crippen molar-refractivity contribution in [3.05, 3.63) is 42.2 Å². The van der Waals surface area contributed by atoms with E-state index in [4.69, 9.17) is 0 Å². The number of benzene rings is 1. The molecule has 0 unspecified atom stereocenters. The van der Waals surface area contributed by atoms with Crippen LogP contribution in [0.25, 0.3) is 5.69 Å². The molecule has 0 aliphatic rings. The predicted octanol–water partition coefficient (Wildman–Crippen LogP) is 1.19. The molecule has 2 rings (SSSR count). The van der Waals surface area contributed by atoms with Crippen molar-refractivity contribution in [1.29, 1.82) is 0 Å². The normalized spacial score (nSPS) is 11.7. The first kappa shape index (κ1) is 16.9. The van der Waals surface area contributed by atoms with Crippen molar-refractivity contribution in [3.8, 4) is 5.69 Å². The third-order valence-corrected chi connectivity index (χ3v) is 3.48. The molecular formula is C15H16N4O3S. The maximum atomic E-state index is 12.2. The molecule has 0 aliphatic heterocycles. The molecule has 120 valence electrons. The lowest BCUT2D eigenvalue weighted by atomic mass is 10.1. The standard InChI is InChI=1S/C15H16N4O3S/c1-10(20)13(6-7-14(21)23)17-15(22)11-2-4-12(5-3-11)19-9-8-16-18-19/h2-5,8-9,13H,6-7H2,1H3,(H,17,22)(H,21,23)/t13-/m0/s1. The van der Waals surface area contributed by atoms with Gasteiger partial charge in [0.25, 0.3) is 5.91 Å². The van der Waals surface area contributed by atoms with Gasteiger partial charge in [-0.1, -0.05) is 5.21 Å². The van der Waals surface area contributed by atoms with Crippen LogP contribution in [-0.2, 0) is 9.59 Å². The number of hydrogen-bond donors (Lipinski definition) is 2. The van der Waals surface area contributed by atoms with Crippen LogP contribution in [0, 0.1) is 0 Å². The molecule has 1 aromatic carbocycles. The van der Waals surface area contributed by atoms with Gasteiger partial charge in [-0.05, 0) is 37.6 Å². The molecule has 0 spiro atoms. The van der Waals surface area contributed by atoms with Crippen LogP contribution in [0.2, 0.25) is 0 Å². The Morgan fingerprint density at radius 2 is 1.96 bits per heavy atom. The van der Waals surface area contributed by atoms with Crippen LogP contribution in [0.4, 0.5) is 0 Å². The number of carbonyl (C=O) groups excluding carboxylic acids is 3. The molecule has 1 amide bonds. The van der Waals surface area contributed by atoms with E-state index < -0.39 is 6.04 Å². The van der Waals surface area contributed by atoms with E-state index in [1.807, 2.05) is 0 Å². The number of amides is 1. The second-order valence-corrected chi connectivity index (χ2v) is 5.46. The first-order valence-electron chi connectivity index (χ1n) is 6.97. The van der Waals surface area contributed by atoms with Crippen molar-refractivity contribution in [2.75, 3.05) is 0 Å². The van der Waals surface area contributed by atoms with Gasteiger partial charge in [0.2, 0.25) is 0 Å². The minimum absolute atomic E-state index is 0.124. The maximum Gasteiger partial charge on any atom is 0.251 e. The number of aromatic nitrogens is 3. The van der Waals surface area contributed by atoms with Crippen LogP contribution in [0.1, 0.15) is 30.1 Å². The van der Waals surface area contributed by atoms with Gasteiger partial charge < -0.3 is 5.32 Å². The smallest absolute Gasteiger partial charge is 0.251 e. The van der Waals surface area contributed by atoms with Gasteiger partial charge in [-0.15, -0.1) is 17.7 Å². The Bertz CT molecular complexity index is 698. The van der Waals surface area contributed by atoms with Gasteiger partial charge in [0.05, 0.1) is 24.1 Å². The van der Waals surface area contributed by atoms with E-state index in [0.717, 1.165) is 5.69 Å². The van der Waals surface area contributed by atoms with Crippen LogP contribution >= 0.6 is 12.6 Å². The topological polar surface area (TPSA) is 94.0 Å². The van der Waals surface area contributed by atoms with Crippen LogP contribution in [0.5, 0.6) is 0 Å². The van der Waals surface area contributed by atoms with Gasteiger partial charge in [-0.3, -0.25) is 14.4 Å². The molecule has 2 aromatic rings. The zero-order valence-corrected chi connectivity index (χ0v) is 13.4. The highest BCUT2D eigenvalue weighted by molar-refractivity contribution is 7.96. The first-order chi connectivity index (χ1) is 11.0. The summed E-state index contributed by atoms with van der Waals surface area (Å²) in [5.41, 5.74) is 1.18. The fourth-order valence-corrected chi connectivity index (χ4v) is 2.13. The van der Waals surface area contributed by atoms with E-state index in [-0.39, 0.29) is 29.6 Å². The number of thiol groups is 1. The average molecular weight is 332 g/mol. The Kier molecular flexibility index (Phi) is 5.64. The fourth-order valence-electron chi connectivity index (χ4n) is 2.00. The van der Waals surface area contributed by atoms with Crippen molar-refractivity contribution in [2.45, 2.75) is 25.8 Å². The molecular weight excluding hydrogens is 316 g/mol. The Hall–Kier alpha value is -2.48. The molecule has 1 aromatic heterocycles. The molecule has 23 heavy (non-hydrogen) atoms. The Morgan fingerprint density at radius 3 is 2.48 bits per heavy atom. The third kappa shape index (κ3) is 4.75. The number of nitrogens with zero attached hydrogens (tertiary/aromatic N) is 3. The summed E-state index contributed by atoms with van der Waals surface area (Å²) in [6.07, 6.45) is 3.61. The van der Waals surface area contributed by atoms with E-state index >= 15 is 0 Å². The summed E-state index contributed by atoms with van der Waals surface area (Å²) in [6, 6.07) is 6.02. The highest BCUT2D eigenvalue weighted by Gasteiger charge is 2.18. The van der Waals surface area contributed by atoms with E-state index in [1.165, 1.54) is 6.92 Å². The van der Waals surface area contributed by atoms with Crippen LogP contribution in [0.15, 0.2) is 36.7 Å². The highest BCUT2D eigenvalue weighted by atomic mass is 32.1. The summed E-state index contributed by atoms with van der Waals surface area (Å²) in [5, 5.41) is 9.88. The van der Waals surface area contributed by atoms with Crippen molar-refractivity contribution in [2.24, 2.45) is 0 Å². The third-order valence-electron chi connectivity index (χ3n) is 3.26. The molecule has 1 atom stereocenters. The number of carbonyl (C=O) groups is 3. The Morgan fingerprint density at radius 1 is 1.26 bits per heavy atom. The summed E-state index contributed by atoms with van der Waals surface area (Å²) >= 11 is 3.67. The molecule has 0 aliphatic carbocycles. The maximum absolute atomic E-state index is 12.2. The summed E-state index contributed by atoms with van der Waals surface area (Å²) in [4.78, 5) is 34.7. The number of Topliss-reactive ketones (excluding diaryl/α,β-unsaturated/α-hetero) is 1. The molecule has 0 saturated carbocycles. The molecule has 1 N–H and O–H groups in total. The molecule has 8 heteroatoms. The number of nitrogens with one attached hydrogen (secondary N) is 1. The Labute approximate surface area is 138 Å².